The highest BCUT2D eigenvalue weighted by Gasteiger charge is 2.31. The molecule has 0 aliphatic heterocycles. The van der Waals surface area contributed by atoms with Gasteiger partial charge in [0.2, 0.25) is 0 Å². The number of fused-ring (bicyclic) bond motifs is 1. The number of hydrogen-bond acceptors (Lipinski definition) is 3. The van der Waals surface area contributed by atoms with E-state index in [4.69, 9.17) is 0 Å². The number of benzene rings is 2. The molecule has 0 saturated carbocycles. The first kappa shape index (κ1) is 17.2. The summed E-state index contributed by atoms with van der Waals surface area (Å²) >= 11 is 0.257. The van der Waals surface area contributed by atoms with Crippen molar-refractivity contribution in [1.82, 2.24) is 9.97 Å². The van der Waals surface area contributed by atoms with E-state index in [2.05, 4.69) is 9.97 Å². The number of hydrogen-bond donors (Lipinski definition) is 1. The number of nitrogens with one attached hydrogen (secondary N) is 1. The van der Waals surface area contributed by atoms with Crippen LogP contribution >= 0.6 is 0 Å². The molecule has 0 atom stereocenters. The Hall–Kier alpha value is -2.61. The van der Waals surface area contributed by atoms with Gasteiger partial charge < -0.3 is 9.88 Å². The lowest BCUT2D eigenvalue weighted by Crippen LogP contribution is -2.15. The normalized spacial score (nSPS) is 11.6. The number of halogens is 3. The summed E-state index contributed by atoms with van der Waals surface area (Å²) in [5, 5.41) is 0. The van der Waals surface area contributed by atoms with Crippen LogP contribution in [0.25, 0.3) is 11.0 Å². The van der Waals surface area contributed by atoms with Gasteiger partial charge in [-0.3, -0.25) is 0 Å². The molecule has 0 saturated heterocycles. The molecular formula is C17H14F3N3OS. The van der Waals surface area contributed by atoms with Crippen molar-refractivity contribution < 1.29 is 17.4 Å². The van der Waals surface area contributed by atoms with Crippen molar-refractivity contribution in [3.05, 3.63) is 59.4 Å². The quantitative estimate of drug-likeness (QED) is 0.571. The monoisotopic (exact) mass is 365 g/mol. The third kappa shape index (κ3) is 3.30. The number of aromatic nitrogens is 2. The number of para-hydroxylation sites is 1. The van der Waals surface area contributed by atoms with Gasteiger partial charge in [0.25, 0.3) is 0 Å². The number of nitrogens with zero attached hydrogens (tertiary/aromatic N) is 2. The van der Waals surface area contributed by atoms with E-state index in [1.807, 2.05) is 31.1 Å². The third-order valence-corrected chi connectivity index (χ3v) is 4.32. The molecule has 0 fully saturated rings. The molecule has 3 aromatic rings. The molecule has 0 aliphatic carbocycles. The lowest BCUT2D eigenvalue weighted by atomic mass is 10.1. The van der Waals surface area contributed by atoms with Gasteiger partial charge in [-0.2, -0.15) is 13.2 Å². The fourth-order valence-electron chi connectivity index (χ4n) is 2.56. The Morgan fingerprint density at radius 3 is 2.52 bits per heavy atom. The van der Waals surface area contributed by atoms with Crippen molar-refractivity contribution in [2.75, 3.05) is 19.0 Å². The summed E-state index contributed by atoms with van der Waals surface area (Å²) in [6, 6.07) is 10.6. The van der Waals surface area contributed by atoms with Gasteiger partial charge in [-0.25, -0.2) is 9.19 Å². The molecule has 2 aromatic carbocycles. The summed E-state index contributed by atoms with van der Waals surface area (Å²) < 4.78 is 50.3. The molecule has 4 nitrogen and oxygen atoms in total. The second-order valence-corrected chi connectivity index (χ2v) is 6.21. The molecule has 0 spiro atoms. The van der Waals surface area contributed by atoms with Crippen LogP contribution in [0.15, 0.2) is 42.5 Å². The Morgan fingerprint density at radius 2 is 1.88 bits per heavy atom. The van der Waals surface area contributed by atoms with E-state index in [0.29, 0.717) is 15.9 Å². The van der Waals surface area contributed by atoms with Gasteiger partial charge in [-0.15, -0.1) is 0 Å². The highest BCUT2D eigenvalue weighted by Crippen LogP contribution is 2.31. The standard InChI is InChI=1S/C17H14F3N3OS/c1-23(2)14-6-4-3-5-11(14)15(25-24)16-21-12-8-7-10(17(18,19)20)9-13(12)22-16/h3-9H,1-2H3,(H,21,22). The molecule has 8 heteroatoms. The van der Waals surface area contributed by atoms with Crippen LogP contribution in [0.3, 0.4) is 0 Å². The maximum absolute atomic E-state index is 12.9. The zero-order chi connectivity index (χ0) is 18.2. The van der Waals surface area contributed by atoms with Crippen molar-refractivity contribution in [3.63, 3.8) is 0 Å². The van der Waals surface area contributed by atoms with Crippen molar-refractivity contribution in [3.8, 4) is 0 Å². The van der Waals surface area contributed by atoms with Crippen molar-refractivity contribution >= 4 is 32.8 Å². The number of H-pyrrole nitrogens is 1. The van der Waals surface area contributed by atoms with E-state index in [9.17, 15) is 17.4 Å². The average Bonchev–Trinajstić information content (AvgIpc) is 2.97. The predicted molar refractivity (Wildman–Crippen MR) is 93.2 cm³/mol. The van der Waals surface area contributed by atoms with Gasteiger partial charge in [0, 0.05) is 25.3 Å². The molecule has 130 valence electrons. The number of alkyl halides is 3. The van der Waals surface area contributed by atoms with Crippen molar-refractivity contribution in [2.45, 2.75) is 6.18 Å². The zero-order valence-corrected chi connectivity index (χ0v) is 14.2. The smallest absolute Gasteiger partial charge is 0.377 e. The van der Waals surface area contributed by atoms with Crippen LogP contribution in [0.2, 0.25) is 0 Å². The van der Waals surface area contributed by atoms with Crippen LogP contribution in [-0.4, -0.2) is 33.1 Å². The minimum absolute atomic E-state index is 0.165. The molecule has 0 amide bonds. The number of imidazole rings is 1. The third-order valence-electron chi connectivity index (χ3n) is 3.74. The molecule has 0 radical (unpaired) electrons. The Morgan fingerprint density at radius 1 is 1.16 bits per heavy atom. The van der Waals surface area contributed by atoms with E-state index < -0.39 is 11.7 Å². The first-order chi connectivity index (χ1) is 11.8. The molecule has 1 heterocycles. The lowest BCUT2D eigenvalue weighted by Gasteiger charge is -2.16. The fourth-order valence-corrected chi connectivity index (χ4v) is 3.00. The topological polar surface area (TPSA) is 49.0 Å². The Kier molecular flexibility index (Phi) is 4.38. The van der Waals surface area contributed by atoms with Gasteiger partial charge in [-0.05, 0) is 24.3 Å². The van der Waals surface area contributed by atoms with Gasteiger partial charge >= 0.3 is 6.18 Å². The summed E-state index contributed by atoms with van der Waals surface area (Å²) in [5.74, 6) is 0.253. The largest absolute Gasteiger partial charge is 0.416 e. The number of anilines is 1. The van der Waals surface area contributed by atoms with Gasteiger partial charge in [-0.1, -0.05) is 18.2 Å². The first-order valence-electron chi connectivity index (χ1n) is 7.32. The fraction of sp³-hybridized carbons (Fsp3) is 0.176. The SMILES string of the molecule is CN(C)c1ccccc1C(=S=O)c1nc2cc(C(F)(F)F)ccc2[nH]1. The summed E-state index contributed by atoms with van der Waals surface area (Å²) in [6.07, 6.45) is -4.44. The molecule has 1 N–H and O–H groups in total. The number of aromatic amines is 1. The van der Waals surface area contributed by atoms with Crippen LogP contribution in [0.5, 0.6) is 0 Å². The molecular weight excluding hydrogens is 351 g/mol. The second kappa shape index (κ2) is 6.36. The summed E-state index contributed by atoms with van der Waals surface area (Å²) in [5.41, 5.74) is 1.32. The van der Waals surface area contributed by atoms with E-state index in [1.54, 1.807) is 12.1 Å². The van der Waals surface area contributed by atoms with E-state index in [0.717, 1.165) is 17.8 Å². The van der Waals surface area contributed by atoms with Crippen molar-refractivity contribution in [1.29, 1.82) is 0 Å². The van der Waals surface area contributed by atoms with Crippen LogP contribution in [0.1, 0.15) is 17.0 Å². The Labute approximate surface area is 145 Å². The molecule has 0 unspecified atom stereocenters. The molecule has 1 aromatic heterocycles. The predicted octanol–water partition coefficient (Wildman–Crippen LogP) is 3.43. The van der Waals surface area contributed by atoms with Gasteiger partial charge in [0.05, 0.1) is 16.6 Å². The van der Waals surface area contributed by atoms with Crippen LogP contribution in [-0.2, 0) is 17.4 Å². The van der Waals surface area contributed by atoms with E-state index >= 15 is 0 Å². The molecule has 0 bridgehead atoms. The van der Waals surface area contributed by atoms with Crippen LogP contribution in [0, 0.1) is 0 Å². The van der Waals surface area contributed by atoms with Gasteiger partial charge in [0.15, 0.2) is 5.82 Å². The van der Waals surface area contributed by atoms with E-state index in [-0.39, 0.29) is 22.6 Å². The Bertz CT molecular complexity index is 988. The molecule has 25 heavy (non-hydrogen) atoms. The average molecular weight is 365 g/mol. The van der Waals surface area contributed by atoms with Gasteiger partial charge in [0.1, 0.15) is 16.1 Å². The van der Waals surface area contributed by atoms with Crippen LogP contribution < -0.4 is 4.90 Å². The second-order valence-electron chi connectivity index (χ2n) is 5.64. The van der Waals surface area contributed by atoms with Crippen LogP contribution in [0.4, 0.5) is 18.9 Å². The summed E-state index contributed by atoms with van der Waals surface area (Å²) in [7, 11) is 3.69. The van der Waals surface area contributed by atoms with E-state index in [1.165, 1.54) is 6.07 Å². The zero-order valence-electron chi connectivity index (χ0n) is 13.4. The van der Waals surface area contributed by atoms with Crippen molar-refractivity contribution in [2.24, 2.45) is 0 Å². The minimum atomic E-state index is -4.44. The maximum atomic E-state index is 12.9. The lowest BCUT2D eigenvalue weighted by molar-refractivity contribution is -0.137. The number of rotatable bonds is 3. The molecule has 3 rings (SSSR count). The summed E-state index contributed by atoms with van der Waals surface area (Å²) in [4.78, 5) is 9.32. The highest BCUT2D eigenvalue weighted by molar-refractivity contribution is 7.67. The highest BCUT2D eigenvalue weighted by atomic mass is 32.1. The first-order valence-corrected chi connectivity index (χ1v) is 8.06. The maximum Gasteiger partial charge on any atom is 0.416 e. The minimum Gasteiger partial charge on any atom is -0.377 e. The Balaban J connectivity index is 2.13. The summed E-state index contributed by atoms with van der Waals surface area (Å²) in [6.45, 7) is 0. The molecule has 0 aliphatic rings.